The summed E-state index contributed by atoms with van der Waals surface area (Å²) in [6.07, 6.45) is 0. The van der Waals surface area contributed by atoms with Gasteiger partial charge in [-0.05, 0) is 7.05 Å². The topological polar surface area (TPSA) is 61.8 Å². The van der Waals surface area contributed by atoms with E-state index in [1.165, 1.54) is 5.06 Å². The Hall–Kier alpha value is -0.650. The Morgan fingerprint density at radius 3 is 2.80 bits per heavy atom. The van der Waals surface area contributed by atoms with Crippen molar-refractivity contribution >= 4 is 5.97 Å². The smallest absolute Gasteiger partial charge is 0.320 e. The molecule has 0 rings (SSSR count). The standard InChI is InChI=1S/C5H12N2O3/c1-6-4-10-7(2)3-5(8)9/h6H,3-4H2,1-2H3,(H,8,9). The van der Waals surface area contributed by atoms with Gasteiger partial charge in [0, 0.05) is 7.05 Å². The fourth-order valence-electron chi connectivity index (χ4n) is 0.411. The zero-order valence-corrected chi connectivity index (χ0v) is 6.13. The largest absolute Gasteiger partial charge is 0.480 e. The number of rotatable bonds is 5. The molecule has 0 aliphatic carbocycles. The molecule has 0 aliphatic rings. The molecule has 0 bridgehead atoms. The molecule has 2 N–H and O–H groups in total. The maximum Gasteiger partial charge on any atom is 0.320 e. The third-order valence-corrected chi connectivity index (χ3v) is 0.787. The Bertz CT molecular complexity index is 107. The SMILES string of the molecule is CNCON(C)CC(=O)O. The van der Waals surface area contributed by atoms with E-state index < -0.39 is 5.97 Å². The van der Waals surface area contributed by atoms with E-state index in [1.807, 2.05) is 0 Å². The van der Waals surface area contributed by atoms with Crippen LogP contribution in [0.5, 0.6) is 0 Å². The van der Waals surface area contributed by atoms with Crippen LogP contribution in [0.4, 0.5) is 0 Å². The van der Waals surface area contributed by atoms with Crippen molar-refractivity contribution in [3.05, 3.63) is 0 Å². The molecule has 0 atom stereocenters. The summed E-state index contributed by atoms with van der Waals surface area (Å²) in [4.78, 5) is 14.9. The van der Waals surface area contributed by atoms with Crippen LogP contribution in [0.2, 0.25) is 0 Å². The minimum Gasteiger partial charge on any atom is -0.480 e. The lowest BCUT2D eigenvalue weighted by molar-refractivity contribution is -0.168. The van der Waals surface area contributed by atoms with Crippen LogP contribution in [0.1, 0.15) is 0 Å². The molecule has 5 nitrogen and oxygen atoms in total. The summed E-state index contributed by atoms with van der Waals surface area (Å²) < 4.78 is 0. The number of carboxylic acid groups (broad SMARTS) is 1. The van der Waals surface area contributed by atoms with Gasteiger partial charge in [-0.25, -0.2) is 0 Å². The van der Waals surface area contributed by atoms with Crippen LogP contribution in [0, 0.1) is 0 Å². The highest BCUT2D eigenvalue weighted by molar-refractivity contribution is 5.68. The number of carboxylic acids is 1. The van der Waals surface area contributed by atoms with Crippen molar-refractivity contribution in [3.8, 4) is 0 Å². The molecule has 5 heteroatoms. The number of nitrogens with zero attached hydrogens (tertiary/aromatic N) is 1. The first kappa shape index (κ1) is 9.35. The van der Waals surface area contributed by atoms with Gasteiger partial charge in [-0.2, -0.15) is 5.06 Å². The molecule has 10 heavy (non-hydrogen) atoms. The molecule has 0 aromatic rings. The monoisotopic (exact) mass is 148 g/mol. The van der Waals surface area contributed by atoms with Crippen molar-refractivity contribution in [1.82, 2.24) is 10.4 Å². The first-order valence-electron chi connectivity index (χ1n) is 2.87. The van der Waals surface area contributed by atoms with Crippen LogP contribution < -0.4 is 5.32 Å². The molecule has 0 amide bonds. The molecular weight excluding hydrogens is 136 g/mol. The van der Waals surface area contributed by atoms with Gasteiger partial charge >= 0.3 is 5.97 Å². The summed E-state index contributed by atoms with van der Waals surface area (Å²) >= 11 is 0. The predicted octanol–water partition coefficient (Wildman–Crippen LogP) is -0.889. The summed E-state index contributed by atoms with van der Waals surface area (Å²) in [6, 6.07) is 0. The zero-order valence-electron chi connectivity index (χ0n) is 6.13. The molecule has 0 aromatic heterocycles. The third-order valence-electron chi connectivity index (χ3n) is 0.787. The minimum atomic E-state index is -0.904. The first-order chi connectivity index (χ1) is 4.66. The van der Waals surface area contributed by atoms with E-state index >= 15 is 0 Å². The van der Waals surface area contributed by atoms with E-state index in [0.29, 0.717) is 6.73 Å². The molecule has 0 heterocycles. The van der Waals surface area contributed by atoms with E-state index in [2.05, 4.69) is 5.32 Å². The number of hydroxylamine groups is 2. The van der Waals surface area contributed by atoms with Crippen LogP contribution in [-0.4, -0.2) is 43.5 Å². The van der Waals surface area contributed by atoms with Gasteiger partial charge in [0.05, 0.1) is 0 Å². The molecule has 0 aliphatic heterocycles. The lowest BCUT2D eigenvalue weighted by Crippen LogP contribution is -2.29. The zero-order chi connectivity index (χ0) is 7.98. The fourth-order valence-corrected chi connectivity index (χ4v) is 0.411. The summed E-state index contributed by atoms with van der Waals surface area (Å²) in [5, 5.41) is 12.2. The molecular formula is C5H12N2O3. The van der Waals surface area contributed by atoms with Gasteiger partial charge in [0.15, 0.2) is 0 Å². The van der Waals surface area contributed by atoms with Gasteiger partial charge in [0.2, 0.25) is 0 Å². The lowest BCUT2D eigenvalue weighted by atomic mass is 10.7. The Labute approximate surface area is 59.5 Å². The van der Waals surface area contributed by atoms with E-state index in [4.69, 9.17) is 9.94 Å². The van der Waals surface area contributed by atoms with Crippen molar-refractivity contribution in [2.75, 3.05) is 27.4 Å². The van der Waals surface area contributed by atoms with Gasteiger partial charge in [0.1, 0.15) is 13.3 Å². The van der Waals surface area contributed by atoms with E-state index in [1.54, 1.807) is 14.1 Å². The van der Waals surface area contributed by atoms with E-state index in [9.17, 15) is 4.79 Å². The van der Waals surface area contributed by atoms with E-state index in [0.717, 1.165) is 0 Å². The fraction of sp³-hybridized carbons (Fsp3) is 0.800. The molecule has 0 aromatic carbocycles. The quantitative estimate of drug-likeness (QED) is 0.391. The van der Waals surface area contributed by atoms with Crippen molar-refractivity contribution in [2.45, 2.75) is 0 Å². The van der Waals surface area contributed by atoms with Crippen LogP contribution in [0.3, 0.4) is 0 Å². The molecule has 0 saturated heterocycles. The Morgan fingerprint density at radius 2 is 2.40 bits per heavy atom. The maximum atomic E-state index is 10.0. The number of hydrogen-bond acceptors (Lipinski definition) is 4. The predicted molar refractivity (Wildman–Crippen MR) is 35.3 cm³/mol. The summed E-state index contributed by atoms with van der Waals surface area (Å²) in [5.41, 5.74) is 0. The Morgan fingerprint density at radius 1 is 1.80 bits per heavy atom. The minimum absolute atomic E-state index is 0.109. The Kier molecular flexibility index (Phi) is 4.82. The molecule has 0 spiro atoms. The second-order valence-electron chi connectivity index (χ2n) is 1.81. The van der Waals surface area contributed by atoms with Gasteiger partial charge in [-0.1, -0.05) is 0 Å². The molecule has 60 valence electrons. The summed E-state index contributed by atoms with van der Waals surface area (Å²) in [5.74, 6) is -0.904. The van der Waals surface area contributed by atoms with E-state index in [-0.39, 0.29) is 6.54 Å². The first-order valence-corrected chi connectivity index (χ1v) is 2.87. The van der Waals surface area contributed by atoms with Gasteiger partial charge in [-0.15, -0.1) is 0 Å². The number of aliphatic carboxylic acids is 1. The summed E-state index contributed by atoms with van der Waals surface area (Å²) in [7, 11) is 3.28. The second kappa shape index (κ2) is 5.16. The highest BCUT2D eigenvalue weighted by Gasteiger charge is 2.02. The van der Waals surface area contributed by atoms with Gasteiger partial charge in [0.25, 0.3) is 0 Å². The average molecular weight is 148 g/mol. The number of nitrogens with one attached hydrogen (secondary N) is 1. The van der Waals surface area contributed by atoms with Crippen molar-refractivity contribution in [2.24, 2.45) is 0 Å². The molecule has 0 unspecified atom stereocenters. The lowest BCUT2D eigenvalue weighted by Gasteiger charge is -2.12. The number of likely N-dealkylation sites (N-methyl/N-ethyl adjacent to an activating group) is 1. The maximum absolute atomic E-state index is 10.0. The molecule has 0 fully saturated rings. The van der Waals surface area contributed by atoms with Gasteiger partial charge < -0.3 is 5.11 Å². The third kappa shape index (κ3) is 5.49. The van der Waals surface area contributed by atoms with Crippen molar-refractivity contribution < 1.29 is 14.7 Å². The normalized spacial score (nSPS) is 10.3. The van der Waals surface area contributed by atoms with Crippen molar-refractivity contribution in [3.63, 3.8) is 0 Å². The average Bonchev–Trinajstić information content (AvgIpc) is 1.82. The molecule has 0 saturated carbocycles. The highest BCUT2D eigenvalue weighted by Crippen LogP contribution is 1.81. The van der Waals surface area contributed by atoms with Crippen LogP contribution in [0.25, 0.3) is 0 Å². The van der Waals surface area contributed by atoms with Crippen LogP contribution in [0.15, 0.2) is 0 Å². The highest BCUT2D eigenvalue weighted by atomic mass is 16.7. The molecule has 0 radical (unpaired) electrons. The second-order valence-corrected chi connectivity index (χ2v) is 1.81. The summed E-state index contributed by atoms with van der Waals surface area (Å²) in [6.45, 7) is 0.214. The number of hydrogen-bond donors (Lipinski definition) is 2. The van der Waals surface area contributed by atoms with Gasteiger partial charge in [-0.3, -0.25) is 14.9 Å². The Balaban J connectivity index is 3.25. The van der Waals surface area contributed by atoms with Crippen LogP contribution >= 0.6 is 0 Å². The number of carbonyl (C=O) groups is 1. The van der Waals surface area contributed by atoms with Crippen molar-refractivity contribution in [1.29, 1.82) is 0 Å². The van der Waals surface area contributed by atoms with Crippen LogP contribution in [-0.2, 0) is 9.63 Å².